The number of fused-ring (bicyclic) bond motifs is 3. The van der Waals surface area contributed by atoms with Gasteiger partial charge in [0.25, 0.3) is 0 Å². The normalized spacial score (nSPS) is 26.1. The Morgan fingerprint density at radius 2 is 1.68 bits per heavy atom. The highest BCUT2D eigenvalue weighted by atomic mass is 16.5. The number of carbonyl (C=O) groups excluding carboxylic acids is 3. The first-order chi connectivity index (χ1) is 10.4. The molecule has 3 atom stereocenters. The number of allylic oxidation sites excluding steroid dienone is 2. The zero-order chi connectivity index (χ0) is 16.0. The number of esters is 1. The van der Waals surface area contributed by atoms with Gasteiger partial charge in [-0.3, -0.25) is 14.4 Å². The van der Waals surface area contributed by atoms with Crippen molar-refractivity contribution in [2.45, 2.75) is 32.6 Å². The molecule has 1 heterocycles. The van der Waals surface area contributed by atoms with E-state index < -0.39 is 17.8 Å². The molecule has 3 rings (SSSR count). The van der Waals surface area contributed by atoms with E-state index in [4.69, 9.17) is 4.74 Å². The summed E-state index contributed by atoms with van der Waals surface area (Å²) in [5.74, 6) is -2.03. The van der Waals surface area contributed by atoms with E-state index >= 15 is 0 Å². The molecule has 1 aromatic rings. The number of ketones is 2. The van der Waals surface area contributed by atoms with Crippen molar-refractivity contribution in [2.24, 2.45) is 11.8 Å². The minimum absolute atomic E-state index is 0.122. The highest BCUT2D eigenvalue weighted by Crippen LogP contribution is 2.53. The number of carbonyl (C=O) groups is 3. The topological polar surface area (TPSA) is 60.4 Å². The summed E-state index contributed by atoms with van der Waals surface area (Å²) in [5, 5.41) is 0. The summed E-state index contributed by atoms with van der Waals surface area (Å²) in [6, 6.07) is 7.67. The second-order valence-corrected chi connectivity index (χ2v) is 6.10. The smallest absolute Gasteiger partial charge is 0.315 e. The minimum atomic E-state index is -0.796. The summed E-state index contributed by atoms with van der Waals surface area (Å²) in [6.45, 7) is 4.58. The molecule has 114 valence electrons. The molecular formula is C18H18O4. The van der Waals surface area contributed by atoms with Gasteiger partial charge < -0.3 is 4.74 Å². The number of ether oxygens (including phenoxy) is 1. The number of benzene rings is 1. The fraction of sp³-hybridized carbons (Fsp3) is 0.389. The van der Waals surface area contributed by atoms with Crippen LogP contribution in [0.1, 0.15) is 43.7 Å². The molecule has 0 saturated carbocycles. The second kappa shape index (κ2) is 5.20. The van der Waals surface area contributed by atoms with Crippen LogP contribution >= 0.6 is 0 Å². The fourth-order valence-electron chi connectivity index (χ4n) is 3.91. The first-order valence-electron chi connectivity index (χ1n) is 7.41. The molecule has 1 aromatic carbocycles. The van der Waals surface area contributed by atoms with Gasteiger partial charge in [-0.25, -0.2) is 0 Å². The highest BCUT2D eigenvalue weighted by molar-refractivity contribution is 6.02. The van der Waals surface area contributed by atoms with E-state index in [-0.39, 0.29) is 23.5 Å². The molecule has 0 aromatic heterocycles. The third kappa shape index (κ3) is 2.10. The zero-order valence-corrected chi connectivity index (χ0v) is 12.8. The van der Waals surface area contributed by atoms with Crippen LogP contribution in [-0.4, -0.2) is 17.5 Å². The van der Waals surface area contributed by atoms with Crippen LogP contribution in [0.15, 0.2) is 36.1 Å². The van der Waals surface area contributed by atoms with E-state index in [1.54, 1.807) is 6.92 Å². The van der Waals surface area contributed by atoms with Crippen molar-refractivity contribution in [3.8, 4) is 0 Å². The molecule has 1 aliphatic carbocycles. The van der Waals surface area contributed by atoms with Gasteiger partial charge >= 0.3 is 5.97 Å². The summed E-state index contributed by atoms with van der Waals surface area (Å²) in [6.07, 6.45) is 1.92. The molecule has 4 heteroatoms. The molecular weight excluding hydrogens is 280 g/mol. The molecule has 0 spiro atoms. The molecule has 0 unspecified atom stereocenters. The van der Waals surface area contributed by atoms with Crippen LogP contribution < -0.4 is 0 Å². The van der Waals surface area contributed by atoms with Crippen molar-refractivity contribution in [1.29, 1.82) is 0 Å². The van der Waals surface area contributed by atoms with Crippen LogP contribution in [0.3, 0.4) is 0 Å². The second-order valence-electron chi connectivity index (χ2n) is 6.10. The highest BCUT2D eigenvalue weighted by Gasteiger charge is 2.51. The van der Waals surface area contributed by atoms with Crippen LogP contribution in [0.25, 0.3) is 0 Å². The van der Waals surface area contributed by atoms with Gasteiger partial charge in [0.05, 0.1) is 11.8 Å². The molecule has 0 fully saturated rings. The standard InChI is InChI=1S/C18H18O4/c1-9-8-14-12-6-4-5-7-13(12)16(17(14)18(21)22-9)15(10(2)19)11(3)20/h4-8,14-17H,1-3H3/t14-,16+,17-/m0/s1. The van der Waals surface area contributed by atoms with Crippen LogP contribution in [0.5, 0.6) is 0 Å². The minimum Gasteiger partial charge on any atom is -0.431 e. The molecule has 2 aliphatic rings. The SMILES string of the molecule is CC(=O)C(C(C)=O)[C@H]1c2ccccc2[C@@H]2C=C(C)OC(=O)[C@H]12. The van der Waals surface area contributed by atoms with Crippen LogP contribution in [0, 0.1) is 11.8 Å². The van der Waals surface area contributed by atoms with E-state index in [0.29, 0.717) is 5.76 Å². The van der Waals surface area contributed by atoms with Gasteiger partial charge in [0.1, 0.15) is 17.3 Å². The number of rotatable bonds is 3. The Balaban J connectivity index is 2.19. The van der Waals surface area contributed by atoms with Crippen molar-refractivity contribution in [2.75, 3.05) is 0 Å². The largest absolute Gasteiger partial charge is 0.431 e. The van der Waals surface area contributed by atoms with Gasteiger partial charge in [-0.1, -0.05) is 24.3 Å². The number of Topliss-reactive ketones (excluding diaryl/α,β-unsaturated/α-hetero) is 2. The van der Waals surface area contributed by atoms with Gasteiger partial charge in [0.2, 0.25) is 0 Å². The maximum Gasteiger partial charge on any atom is 0.315 e. The summed E-state index contributed by atoms with van der Waals surface area (Å²) < 4.78 is 5.27. The summed E-state index contributed by atoms with van der Waals surface area (Å²) >= 11 is 0. The average molecular weight is 298 g/mol. The third-order valence-electron chi connectivity index (χ3n) is 4.67. The van der Waals surface area contributed by atoms with Crippen molar-refractivity contribution >= 4 is 17.5 Å². The molecule has 0 amide bonds. The van der Waals surface area contributed by atoms with Gasteiger partial charge in [-0.2, -0.15) is 0 Å². The average Bonchev–Trinajstić information content (AvgIpc) is 2.74. The summed E-state index contributed by atoms with van der Waals surface area (Å²) in [7, 11) is 0. The Kier molecular flexibility index (Phi) is 3.47. The molecule has 0 bridgehead atoms. The van der Waals surface area contributed by atoms with Crippen LogP contribution in [0.2, 0.25) is 0 Å². The monoisotopic (exact) mass is 298 g/mol. The quantitative estimate of drug-likeness (QED) is 0.636. The molecule has 1 aliphatic heterocycles. The lowest BCUT2D eigenvalue weighted by atomic mass is 9.75. The van der Waals surface area contributed by atoms with Gasteiger partial charge in [-0.05, 0) is 38.0 Å². The first kappa shape index (κ1) is 14.7. The maximum absolute atomic E-state index is 12.4. The lowest BCUT2D eigenvalue weighted by molar-refractivity contribution is -0.147. The van der Waals surface area contributed by atoms with E-state index in [1.165, 1.54) is 13.8 Å². The van der Waals surface area contributed by atoms with E-state index in [2.05, 4.69) is 0 Å². The molecule has 4 nitrogen and oxygen atoms in total. The Hall–Kier alpha value is -2.23. The van der Waals surface area contributed by atoms with Crippen LogP contribution in [-0.2, 0) is 19.1 Å². The Morgan fingerprint density at radius 3 is 2.27 bits per heavy atom. The van der Waals surface area contributed by atoms with E-state index in [0.717, 1.165) is 11.1 Å². The lowest BCUT2D eigenvalue weighted by Crippen LogP contribution is -2.36. The Labute approximate surface area is 129 Å². The number of hydrogen-bond donors (Lipinski definition) is 0. The molecule has 0 saturated heterocycles. The zero-order valence-electron chi connectivity index (χ0n) is 12.8. The van der Waals surface area contributed by atoms with Gasteiger partial charge in [-0.15, -0.1) is 0 Å². The molecule has 22 heavy (non-hydrogen) atoms. The van der Waals surface area contributed by atoms with Crippen molar-refractivity contribution in [3.63, 3.8) is 0 Å². The van der Waals surface area contributed by atoms with Crippen molar-refractivity contribution in [1.82, 2.24) is 0 Å². The Bertz CT molecular complexity index is 687. The fourth-order valence-corrected chi connectivity index (χ4v) is 3.91. The van der Waals surface area contributed by atoms with E-state index in [9.17, 15) is 14.4 Å². The summed E-state index contributed by atoms with van der Waals surface area (Å²) in [4.78, 5) is 36.5. The van der Waals surface area contributed by atoms with E-state index in [1.807, 2.05) is 30.3 Å². The molecule has 0 radical (unpaired) electrons. The van der Waals surface area contributed by atoms with Crippen molar-refractivity contribution in [3.05, 3.63) is 47.2 Å². The van der Waals surface area contributed by atoms with Crippen molar-refractivity contribution < 1.29 is 19.1 Å². The lowest BCUT2D eigenvalue weighted by Gasteiger charge is -2.29. The van der Waals surface area contributed by atoms with Crippen LogP contribution in [0.4, 0.5) is 0 Å². The first-order valence-corrected chi connectivity index (χ1v) is 7.41. The molecule has 0 N–H and O–H groups in total. The maximum atomic E-state index is 12.4. The van der Waals surface area contributed by atoms with Gasteiger partial charge in [0, 0.05) is 11.8 Å². The van der Waals surface area contributed by atoms with Gasteiger partial charge in [0.15, 0.2) is 0 Å². The predicted molar refractivity (Wildman–Crippen MR) is 80.1 cm³/mol. The summed E-state index contributed by atoms with van der Waals surface area (Å²) in [5.41, 5.74) is 1.93. The Morgan fingerprint density at radius 1 is 1.09 bits per heavy atom. The number of hydrogen-bond acceptors (Lipinski definition) is 4. The third-order valence-corrected chi connectivity index (χ3v) is 4.67. The predicted octanol–water partition coefficient (Wildman–Crippen LogP) is 2.74. The number of cyclic esters (lactones) is 1.